The molecule has 0 bridgehead atoms. The Labute approximate surface area is 115 Å². The van der Waals surface area contributed by atoms with Crippen LogP contribution in [0, 0.1) is 5.41 Å². The zero-order chi connectivity index (χ0) is 12.7. The smallest absolute Gasteiger partial charge is 0.129 e. The maximum absolute atomic E-state index is 8.27. The van der Waals surface area contributed by atoms with E-state index in [9.17, 15) is 0 Å². The molecule has 0 aliphatic carbocycles. The fourth-order valence-electron chi connectivity index (χ4n) is 2.34. The van der Waals surface area contributed by atoms with Gasteiger partial charge in [0.25, 0.3) is 0 Å². The van der Waals surface area contributed by atoms with E-state index >= 15 is 0 Å². The Morgan fingerprint density at radius 3 is 2.72 bits per heavy atom. The first-order valence-electron chi connectivity index (χ1n) is 5.85. The molecule has 0 fully saturated rings. The number of halogens is 1. The van der Waals surface area contributed by atoms with Crippen molar-refractivity contribution in [3.8, 4) is 0 Å². The summed E-state index contributed by atoms with van der Waals surface area (Å²) in [5.74, 6) is 0.614. The van der Waals surface area contributed by atoms with E-state index in [1.807, 2.05) is 30.3 Å². The summed E-state index contributed by atoms with van der Waals surface area (Å²) in [7, 11) is 0. The number of hydrogen-bond donors (Lipinski definition) is 1. The van der Waals surface area contributed by atoms with Gasteiger partial charge in [-0.05, 0) is 24.6 Å². The standard InChI is InChI=1S/C14H13ClN2S/c1-9(12-6-7-13(15)18-12)17-8-10-4-2-3-5-11(10)14(17)16/h2-7,9,16H,8H2,1H3. The first-order valence-corrected chi connectivity index (χ1v) is 7.05. The van der Waals surface area contributed by atoms with Crippen LogP contribution < -0.4 is 0 Å². The van der Waals surface area contributed by atoms with E-state index < -0.39 is 0 Å². The van der Waals surface area contributed by atoms with Gasteiger partial charge in [0.05, 0.1) is 10.4 Å². The lowest BCUT2D eigenvalue weighted by atomic mass is 10.1. The largest absolute Gasteiger partial charge is 0.345 e. The van der Waals surface area contributed by atoms with Crippen LogP contribution >= 0.6 is 22.9 Å². The Morgan fingerprint density at radius 2 is 2.06 bits per heavy atom. The van der Waals surface area contributed by atoms with Gasteiger partial charge in [0.1, 0.15) is 5.84 Å². The van der Waals surface area contributed by atoms with Crippen LogP contribution in [-0.2, 0) is 6.54 Å². The van der Waals surface area contributed by atoms with Gasteiger partial charge < -0.3 is 4.90 Å². The number of fused-ring (bicyclic) bond motifs is 1. The molecule has 2 heterocycles. The van der Waals surface area contributed by atoms with Gasteiger partial charge in [-0.2, -0.15) is 0 Å². The molecule has 92 valence electrons. The Bertz CT molecular complexity index is 605. The van der Waals surface area contributed by atoms with Crippen molar-refractivity contribution in [3.63, 3.8) is 0 Å². The molecule has 0 saturated heterocycles. The summed E-state index contributed by atoms with van der Waals surface area (Å²) in [5.41, 5.74) is 2.28. The molecule has 1 aromatic heterocycles. The van der Waals surface area contributed by atoms with Gasteiger partial charge in [-0.1, -0.05) is 35.9 Å². The van der Waals surface area contributed by atoms with E-state index in [4.69, 9.17) is 17.0 Å². The fourth-order valence-corrected chi connectivity index (χ4v) is 3.47. The fraction of sp³-hybridized carbons (Fsp3) is 0.214. The van der Waals surface area contributed by atoms with Crippen molar-refractivity contribution in [3.05, 3.63) is 56.7 Å². The molecule has 0 spiro atoms. The Hall–Kier alpha value is -1.32. The van der Waals surface area contributed by atoms with Crippen LogP contribution in [0.2, 0.25) is 4.34 Å². The number of rotatable bonds is 2. The number of benzene rings is 1. The molecule has 1 N–H and O–H groups in total. The molecule has 4 heteroatoms. The summed E-state index contributed by atoms with van der Waals surface area (Å²) in [6.45, 7) is 2.94. The van der Waals surface area contributed by atoms with E-state index in [2.05, 4.69) is 17.9 Å². The summed E-state index contributed by atoms with van der Waals surface area (Å²) >= 11 is 7.57. The summed E-state index contributed by atoms with van der Waals surface area (Å²) in [5, 5.41) is 8.27. The molecular formula is C14H13ClN2S. The zero-order valence-corrected chi connectivity index (χ0v) is 11.6. The average molecular weight is 277 g/mol. The molecule has 3 rings (SSSR count). The van der Waals surface area contributed by atoms with Crippen LogP contribution in [0.3, 0.4) is 0 Å². The van der Waals surface area contributed by atoms with E-state index in [0.717, 1.165) is 16.4 Å². The molecule has 1 aromatic carbocycles. The maximum atomic E-state index is 8.27. The topological polar surface area (TPSA) is 27.1 Å². The van der Waals surface area contributed by atoms with Gasteiger partial charge in [0, 0.05) is 17.0 Å². The van der Waals surface area contributed by atoms with Crippen molar-refractivity contribution >= 4 is 28.8 Å². The third kappa shape index (κ3) is 1.84. The minimum atomic E-state index is 0.197. The highest BCUT2D eigenvalue weighted by molar-refractivity contribution is 7.16. The molecule has 18 heavy (non-hydrogen) atoms. The van der Waals surface area contributed by atoms with E-state index in [1.165, 1.54) is 10.4 Å². The van der Waals surface area contributed by atoms with Gasteiger partial charge in [-0.25, -0.2) is 0 Å². The van der Waals surface area contributed by atoms with Crippen LogP contribution in [0.15, 0.2) is 36.4 Å². The van der Waals surface area contributed by atoms with Crippen molar-refractivity contribution in [2.45, 2.75) is 19.5 Å². The van der Waals surface area contributed by atoms with Gasteiger partial charge in [0.15, 0.2) is 0 Å². The second-order valence-corrected chi connectivity index (χ2v) is 6.20. The molecular weight excluding hydrogens is 264 g/mol. The van der Waals surface area contributed by atoms with Gasteiger partial charge >= 0.3 is 0 Å². The predicted octanol–water partition coefficient (Wildman–Crippen LogP) is 4.30. The first kappa shape index (κ1) is 11.8. The van der Waals surface area contributed by atoms with Gasteiger partial charge in [-0.3, -0.25) is 5.41 Å². The number of nitrogens with one attached hydrogen (secondary N) is 1. The lowest BCUT2D eigenvalue weighted by Crippen LogP contribution is -2.26. The SMILES string of the molecule is CC(c1ccc(Cl)s1)N1Cc2ccccc2C1=N. The maximum Gasteiger partial charge on any atom is 0.129 e. The Morgan fingerprint density at radius 1 is 1.28 bits per heavy atom. The molecule has 0 radical (unpaired) electrons. The molecule has 2 nitrogen and oxygen atoms in total. The highest BCUT2D eigenvalue weighted by Gasteiger charge is 2.28. The monoisotopic (exact) mass is 276 g/mol. The van der Waals surface area contributed by atoms with E-state index in [1.54, 1.807) is 11.3 Å². The minimum Gasteiger partial charge on any atom is -0.345 e. The third-order valence-electron chi connectivity index (χ3n) is 3.37. The number of hydrogen-bond acceptors (Lipinski definition) is 2. The second-order valence-electron chi connectivity index (χ2n) is 4.45. The van der Waals surface area contributed by atoms with Gasteiger partial charge in [-0.15, -0.1) is 11.3 Å². The molecule has 0 saturated carbocycles. The van der Waals surface area contributed by atoms with Crippen LogP contribution in [0.5, 0.6) is 0 Å². The summed E-state index contributed by atoms with van der Waals surface area (Å²) in [6, 6.07) is 12.3. The van der Waals surface area contributed by atoms with Crippen LogP contribution in [0.4, 0.5) is 0 Å². The first-order chi connectivity index (χ1) is 8.66. The van der Waals surface area contributed by atoms with Crippen LogP contribution in [0.1, 0.15) is 29.0 Å². The quantitative estimate of drug-likeness (QED) is 0.870. The number of thiophene rings is 1. The van der Waals surface area contributed by atoms with Crippen molar-refractivity contribution in [1.29, 1.82) is 5.41 Å². The molecule has 1 aliphatic heterocycles. The van der Waals surface area contributed by atoms with E-state index in [0.29, 0.717) is 5.84 Å². The van der Waals surface area contributed by atoms with Crippen LogP contribution in [0.25, 0.3) is 0 Å². The summed E-state index contributed by atoms with van der Waals surface area (Å²) < 4.78 is 0.806. The zero-order valence-electron chi connectivity index (χ0n) is 9.98. The second kappa shape index (κ2) is 4.41. The molecule has 0 amide bonds. The molecule has 1 atom stereocenters. The lowest BCUT2D eigenvalue weighted by Gasteiger charge is -2.25. The highest BCUT2D eigenvalue weighted by atomic mass is 35.5. The van der Waals surface area contributed by atoms with Crippen molar-refractivity contribution in [1.82, 2.24) is 4.90 Å². The van der Waals surface area contributed by atoms with Crippen molar-refractivity contribution < 1.29 is 0 Å². The highest BCUT2D eigenvalue weighted by Crippen LogP contribution is 2.35. The molecule has 1 unspecified atom stereocenters. The number of nitrogens with zero attached hydrogens (tertiary/aromatic N) is 1. The lowest BCUT2D eigenvalue weighted by molar-refractivity contribution is 0.346. The van der Waals surface area contributed by atoms with Crippen LogP contribution in [-0.4, -0.2) is 10.7 Å². The predicted molar refractivity (Wildman–Crippen MR) is 76.6 cm³/mol. The van der Waals surface area contributed by atoms with Crippen molar-refractivity contribution in [2.24, 2.45) is 0 Å². The normalized spacial score (nSPS) is 15.9. The van der Waals surface area contributed by atoms with E-state index in [-0.39, 0.29) is 6.04 Å². The van der Waals surface area contributed by atoms with Gasteiger partial charge in [0.2, 0.25) is 0 Å². The summed E-state index contributed by atoms with van der Waals surface area (Å²) in [4.78, 5) is 3.32. The third-order valence-corrected chi connectivity index (χ3v) is 4.78. The molecule has 2 aromatic rings. The minimum absolute atomic E-state index is 0.197. The number of amidine groups is 1. The Kier molecular flexibility index (Phi) is 2.88. The average Bonchev–Trinajstić information content (AvgIpc) is 2.94. The molecule has 1 aliphatic rings. The Balaban J connectivity index is 1.90. The van der Waals surface area contributed by atoms with Crippen molar-refractivity contribution in [2.75, 3.05) is 0 Å². The summed E-state index contributed by atoms with van der Waals surface area (Å²) in [6.07, 6.45) is 0.